The molecule has 7 unspecified atom stereocenters. The third kappa shape index (κ3) is 19.0. The quantitative estimate of drug-likeness (QED) is 0.0668. The van der Waals surface area contributed by atoms with Gasteiger partial charge in [0.1, 0.15) is 0 Å². The van der Waals surface area contributed by atoms with Gasteiger partial charge in [-0.3, -0.25) is 0 Å². The van der Waals surface area contributed by atoms with Crippen LogP contribution in [0.3, 0.4) is 0 Å². The highest BCUT2D eigenvalue weighted by molar-refractivity contribution is 4.87. The highest BCUT2D eigenvalue weighted by Gasteiger charge is 2.38. The Morgan fingerprint density at radius 3 is 1.19 bits per heavy atom. The fourth-order valence-electron chi connectivity index (χ4n) is 8.51. The van der Waals surface area contributed by atoms with Crippen LogP contribution in [0.1, 0.15) is 168 Å². The van der Waals surface area contributed by atoms with Crippen molar-refractivity contribution in [2.24, 2.45) is 0 Å². The Morgan fingerprint density at radius 1 is 0.481 bits per heavy atom. The summed E-state index contributed by atoms with van der Waals surface area (Å²) in [6.07, 6.45) is 9.77. The Balaban J connectivity index is 1.59. The highest BCUT2D eigenvalue weighted by Crippen LogP contribution is 2.34. The zero-order valence-corrected chi connectivity index (χ0v) is 36.3. The number of rotatable bonds is 30. The van der Waals surface area contributed by atoms with Gasteiger partial charge in [0.15, 0.2) is 0 Å². The normalized spacial score (nSPS) is 23.7. The van der Waals surface area contributed by atoms with Crippen LogP contribution in [-0.2, 0) is 42.6 Å². The standard InChI is InChI=1S/C43H82O9/c1-16-43(17-2,24-33(5)51-42(14,15)27-37-30-46-37)48-21-19-34(52-39(8,9)23-32(4)50-41(12,13)26-36-29-45-36)18-20-47-38(6,7)22-31(3)49-40(10,11)25-35-28-44-35/h31-37H,16-30H2,1-15H3. The van der Waals surface area contributed by atoms with Crippen molar-refractivity contribution in [3.63, 3.8) is 0 Å². The van der Waals surface area contributed by atoms with Gasteiger partial charge in [0, 0.05) is 51.7 Å². The van der Waals surface area contributed by atoms with Crippen LogP contribution in [0.4, 0.5) is 0 Å². The van der Waals surface area contributed by atoms with Gasteiger partial charge >= 0.3 is 0 Å². The van der Waals surface area contributed by atoms with Gasteiger partial charge in [-0.2, -0.15) is 0 Å². The molecule has 0 bridgehead atoms. The lowest BCUT2D eigenvalue weighted by atomic mass is 9.90. The molecule has 0 aliphatic carbocycles. The number of hydrogen-bond acceptors (Lipinski definition) is 9. The van der Waals surface area contributed by atoms with Crippen molar-refractivity contribution in [1.29, 1.82) is 0 Å². The third-order valence-electron chi connectivity index (χ3n) is 10.7. The van der Waals surface area contributed by atoms with E-state index in [1.165, 1.54) is 0 Å². The largest absolute Gasteiger partial charge is 0.375 e. The van der Waals surface area contributed by atoms with Crippen LogP contribution in [0.25, 0.3) is 0 Å². The summed E-state index contributed by atoms with van der Waals surface area (Å²) in [6.45, 7) is 36.4. The monoisotopic (exact) mass is 743 g/mol. The molecule has 3 saturated heterocycles. The van der Waals surface area contributed by atoms with Crippen LogP contribution in [0.5, 0.6) is 0 Å². The summed E-state index contributed by atoms with van der Waals surface area (Å²) in [6, 6.07) is 0. The van der Waals surface area contributed by atoms with Crippen LogP contribution < -0.4 is 0 Å². The van der Waals surface area contributed by atoms with Crippen molar-refractivity contribution in [2.75, 3.05) is 33.0 Å². The maximum Gasteiger partial charge on any atom is 0.0837 e. The van der Waals surface area contributed by atoms with Gasteiger partial charge in [-0.15, -0.1) is 0 Å². The van der Waals surface area contributed by atoms with Crippen molar-refractivity contribution in [3.8, 4) is 0 Å². The molecule has 0 aromatic heterocycles. The van der Waals surface area contributed by atoms with E-state index >= 15 is 0 Å². The lowest BCUT2D eigenvalue weighted by Gasteiger charge is -2.38. The second-order valence-corrected chi connectivity index (χ2v) is 19.6. The first-order chi connectivity index (χ1) is 23.9. The molecule has 0 aromatic carbocycles. The molecule has 3 rings (SSSR count). The van der Waals surface area contributed by atoms with Crippen molar-refractivity contribution in [3.05, 3.63) is 0 Å². The second kappa shape index (κ2) is 19.2. The average molecular weight is 743 g/mol. The first-order valence-corrected chi connectivity index (χ1v) is 20.8. The molecule has 9 nitrogen and oxygen atoms in total. The molecule has 3 aliphatic rings. The fraction of sp³-hybridized carbons (Fsp3) is 1.00. The van der Waals surface area contributed by atoms with Crippen molar-refractivity contribution in [2.45, 2.75) is 244 Å². The second-order valence-electron chi connectivity index (χ2n) is 19.6. The van der Waals surface area contributed by atoms with Gasteiger partial charge in [0.25, 0.3) is 0 Å². The first kappa shape index (κ1) is 46.0. The molecule has 308 valence electrons. The topological polar surface area (TPSA) is 93.0 Å². The number of epoxide rings is 3. The Morgan fingerprint density at radius 2 is 0.827 bits per heavy atom. The minimum Gasteiger partial charge on any atom is -0.375 e. The summed E-state index contributed by atoms with van der Waals surface area (Å²) in [7, 11) is 0. The summed E-state index contributed by atoms with van der Waals surface area (Å²) >= 11 is 0. The van der Waals surface area contributed by atoms with Crippen molar-refractivity contribution >= 4 is 0 Å². The predicted octanol–water partition coefficient (Wildman–Crippen LogP) is 9.39. The van der Waals surface area contributed by atoms with E-state index in [-0.39, 0.29) is 52.4 Å². The van der Waals surface area contributed by atoms with E-state index in [0.717, 1.165) is 84.0 Å². The van der Waals surface area contributed by atoms with Gasteiger partial charge in [0.2, 0.25) is 0 Å². The first-order valence-electron chi connectivity index (χ1n) is 20.8. The third-order valence-corrected chi connectivity index (χ3v) is 10.7. The summed E-state index contributed by atoms with van der Waals surface area (Å²) < 4.78 is 56.3. The zero-order valence-electron chi connectivity index (χ0n) is 36.3. The molecule has 7 atom stereocenters. The molecular weight excluding hydrogens is 660 g/mol. The Hall–Kier alpha value is -0.360. The van der Waals surface area contributed by atoms with Crippen molar-refractivity contribution in [1.82, 2.24) is 0 Å². The van der Waals surface area contributed by atoms with Gasteiger partial charge in [0.05, 0.1) is 96.2 Å². The van der Waals surface area contributed by atoms with Gasteiger partial charge in [-0.05, 0) is 116 Å². The SMILES string of the molecule is CCC(CC)(CC(C)OC(C)(C)CC1CO1)OCCC(CCOC(C)(C)CC(C)OC(C)(C)CC1CO1)OC(C)(C)CC(C)OC(C)(C)CC1CO1. The molecule has 0 aromatic rings. The van der Waals surface area contributed by atoms with E-state index < -0.39 is 5.60 Å². The molecule has 0 amide bonds. The predicted molar refractivity (Wildman–Crippen MR) is 208 cm³/mol. The summed E-state index contributed by atoms with van der Waals surface area (Å²) in [4.78, 5) is 0. The van der Waals surface area contributed by atoms with E-state index in [4.69, 9.17) is 42.6 Å². The molecule has 0 spiro atoms. The lowest BCUT2D eigenvalue weighted by molar-refractivity contribution is -0.152. The number of hydrogen-bond donors (Lipinski definition) is 0. The maximum atomic E-state index is 6.96. The van der Waals surface area contributed by atoms with Gasteiger partial charge in [-0.1, -0.05) is 13.8 Å². The number of ether oxygens (including phenoxy) is 9. The molecule has 3 fully saturated rings. The Kier molecular flexibility index (Phi) is 17.0. The summed E-state index contributed by atoms with van der Waals surface area (Å²) in [5, 5.41) is 0. The molecular formula is C43H82O9. The minimum absolute atomic E-state index is 0.0328. The summed E-state index contributed by atoms with van der Waals surface area (Å²) in [5.74, 6) is 0. The Bertz CT molecular complexity index is 1020. The average Bonchev–Trinajstić information content (AvgIpc) is 3.79. The van der Waals surface area contributed by atoms with Crippen LogP contribution in [0.15, 0.2) is 0 Å². The highest BCUT2D eigenvalue weighted by atomic mass is 16.6. The van der Waals surface area contributed by atoms with Crippen LogP contribution >= 0.6 is 0 Å². The van der Waals surface area contributed by atoms with Crippen LogP contribution in [0, 0.1) is 0 Å². The maximum absolute atomic E-state index is 6.96. The molecule has 0 saturated carbocycles. The molecule has 0 N–H and O–H groups in total. The zero-order chi connectivity index (χ0) is 39.0. The van der Waals surface area contributed by atoms with E-state index in [2.05, 4.69) is 104 Å². The fourth-order valence-corrected chi connectivity index (χ4v) is 8.51. The van der Waals surface area contributed by atoms with E-state index in [9.17, 15) is 0 Å². The Labute approximate surface area is 319 Å². The van der Waals surface area contributed by atoms with Gasteiger partial charge in [-0.25, -0.2) is 0 Å². The van der Waals surface area contributed by atoms with Gasteiger partial charge < -0.3 is 42.6 Å². The summed E-state index contributed by atoms with van der Waals surface area (Å²) in [5.41, 5.74) is -1.66. The van der Waals surface area contributed by atoms with Crippen molar-refractivity contribution < 1.29 is 42.6 Å². The lowest BCUT2D eigenvalue weighted by Crippen LogP contribution is -2.41. The van der Waals surface area contributed by atoms with E-state index in [1.54, 1.807) is 0 Å². The van der Waals surface area contributed by atoms with Crippen LogP contribution in [-0.4, -0.2) is 109 Å². The molecule has 3 heterocycles. The smallest absolute Gasteiger partial charge is 0.0837 e. The van der Waals surface area contributed by atoms with E-state index in [0.29, 0.717) is 31.5 Å². The molecule has 52 heavy (non-hydrogen) atoms. The molecule has 9 heteroatoms. The minimum atomic E-state index is -0.392. The molecule has 3 aliphatic heterocycles. The van der Waals surface area contributed by atoms with Crippen LogP contribution in [0.2, 0.25) is 0 Å². The molecule has 0 radical (unpaired) electrons. The van der Waals surface area contributed by atoms with E-state index in [1.807, 2.05) is 0 Å².